The molecular formula is C49H89NO6. The minimum absolute atomic E-state index is 0.212. The topological polar surface area (TPSA) is 83.1 Å². The minimum Gasteiger partial charge on any atom is -0.490 e. The Balaban J connectivity index is 2.94. The number of nitrogens with one attached hydrogen (secondary N) is 1. The number of ether oxygens (including phenoxy) is 4. The molecular weight excluding hydrogens is 699 g/mol. The number of carbonyl (C=O) groups is 2. The van der Waals surface area contributed by atoms with Crippen LogP contribution in [0.5, 0.6) is 17.2 Å². The molecule has 0 fully saturated rings. The second kappa shape index (κ2) is 35.7. The molecule has 56 heavy (non-hydrogen) atoms. The molecule has 0 atom stereocenters. The maximum Gasteiger partial charge on any atom is 0.325 e. The third-order valence-electron chi connectivity index (χ3n) is 10.4. The molecule has 0 saturated carbocycles. The lowest BCUT2D eigenvalue weighted by atomic mass is 10.1. The summed E-state index contributed by atoms with van der Waals surface area (Å²) < 4.78 is 24.7. The van der Waals surface area contributed by atoms with Crippen molar-refractivity contribution in [3.8, 4) is 17.2 Å². The molecule has 1 rings (SSSR count). The van der Waals surface area contributed by atoms with Crippen molar-refractivity contribution in [2.24, 2.45) is 0 Å². The van der Waals surface area contributed by atoms with Crippen LogP contribution in [-0.2, 0) is 9.53 Å². The van der Waals surface area contributed by atoms with E-state index in [2.05, 4.69) is 26.1 Å². The number of esters is 1. The van der Waals surface area contributed by atoms with Crippen molar-refractivity contribution in [1.29, 1.82) is 0 Å². The summed E-state index contributed by atoms with van der Waals surface area (Å²) in [5, 5.41) is 2.74. The third kappa shape index (κ3) is 29.8. The van der Waals surface area contributed by atoms with Crippen molar-refractivity contribution < 1.29 is 28.5 Å². The van der Waals surface area contributed by atoms with Gasteiger partial charge in [-0.25, -0.2) is 0 Å². The highest BCUT2D eigenvalue weighted by molar-refractivity contribution is 5.97. The fourth-order valence-electron chi connectivity index (χ4n) is 7.00. The maximum atomic E-state index is 13.4. The quantitative estimate of drug-likeness (QED) is 0.0528. The van der Waals surface area contributed by atoms with Crippen molar-refractivity contribution >= 4 is 11.9 Å². The molecule has 0 heterocycles. The van der Waals surface area contributed by atoms with Gasteiger partial charge in [0.15, 0.2) is 11.5 Å². The molecule has 0 aliphatic rings. The zero-order valence-electron chi connectivity index (χ0n) is 37.6. The zero-order chi connectivity index (χ0) is 41.0. The molecule has 7 nitrogen and oxygen atoms in total. The van der Waals surface area contributed by atoms with Gasteiger partial charge in [-0.1, -0.05) is 194 Å². The molecule has 0 bridgehead atoms. The lowest BCUT2D eigenvalue weighted by Crippen LogP contribution is -2.34. The molecule has 0 aliphatic carbocycles. The summed E-state index contributed by atoms with van der Waals surface area (Å²) in [5.74, 6) is 0.817. The van der Waals surface area contributed by atoms with E-state index in [9.17, 15) is 9.59 Å². The lowest BCUT2D eigenvalue weighted by molar-refractivity contribution is -0.153. The van der Waals surface area contributed by atoms with Gasteiger partial charge in [0.1, 0.15) is 12.1 Å². The highest BCUT2D eigenvalue weighted by atomic mass is 16.6. The van der Waals surface area contributed by atoms with Gasteiger partial charge in [0.2, 0.25) is 5.75 Å². The number of rotatable bonds is 39. The molecule has 0 saturated heterocycles. The first kappa shape index (κ1) is 51.6. The Labute approximate surface area is 345 Å². The van der Waals surface area contributed by atoms with Crippen molar-refractivity contribution in [1.82, 2.24) is 5.32 Å². The maximum absolute atomic E-state index is 13.4. The van der Waals surface area contributed by atoms with Crippen molar-refractivity contribution in [3.05, 3.63) is 17.7 Å². The monoisotopic (exact) mass is 788 g/mol. The standard InChI is InChI=1S/C49H89NO6/c1-7-10-13-16-19-22-25-28-31-34-37-53-44-40-43(48(52)50-42-46(51)56-49(4,5)6)41-45(54-38-35-32-29-26-23-20-17-14-11-8-2)47(44)55-39-36-33-30-27-24-21-18-15-12-9-3/h40-41H,7-39,42H2,1-6H3,(H,50,52). The van der Waals surface area contributed by atoms with E-state index in [1.165, 1.54) is 154 Å². The summed E-state index contributed by atoms with van der Waals surface area (Å²) >= 11 is 0. The third-order valence-corrected chi connectivity index (χ3v) is 10.4. The van der Waals surface area contributed by atoms with E-state index in [0.29, 0.717) is 42.6 Å². The van der Waals surface area contributed by atoms with Crippen LogP contribution in [0.4, 0.5) is 0 Å². The molecule has 0 aromatic heterocycles. The van der Waals surface area contributed by atoms with Gasteiger partial charge in [-0.3, -0.25) is 9.59 Å². The smallest absolute Gasteiger partial charge is 0.325 e. The normalized spacial score (nSPS) is 11.5. The highest BCUT2D eigenvalue weighted by Crippen LogP contribution is 2.40. The van der Waals surface area contributed by atoms with Crippen LogP contribution in [0, 0.1) is 0 Å². The average Bonchev–Trinajstić information content (AvgIpc) is 3.16. The fourth-order valence-corrected chi connectivity index (χ4v) is 7.00. The molecule has 1 amide bonds. The first-order valence-electron chi connectivity index (χ1n) is 23.8. The lowest BCUT2D eigenvalue weighted by Gasteiger charge is -2.20. The first-order valence-corrected chi connectivity index (χ1v) is 23.8. The summed E-state index contributed by atoms with van der Waals surface area (Å²) in [7, 11) is 0. The van der Waals surface area contributed by atoms with Crippen LogP contribution in [0.15, 0.2) is 12.1 Å². The van der Waals surface area contributed by atoms with E-state index < -0.39 is 11.6 Å². The predicted molar refractivity (Wildman–Crippen MR) is 237 cm³/mol. The molecule has 1 N–H and O–H groups in total. The zero-order valence-corrected chi connectivity index (χ0v) is 37.6. The molecule has 1 aromatic rings. The number of hydrogen-bond acceptors (Lipinski definition) is 6. The predicted octanol–water partition coefficient (Wildman–Crippen LogP) is 14.7. The Morgan fingerprint density at radius 3 is 1.09 bits per heavy atom. The Morgan fingerprint density at radius 2 is 0.768 bits per heavy atom. The van der Waals surface area contributed by atoms with Crippen LogP contribution in [-0.4, -0.2) is 43.8 Å². The van der Waals surface area contributed by atoms with Gasteiger partial charge in [0, 0.05) is 5.56 Å². The van der Waals surface area contributed by atoms with Crippen molar-refractivity contribution in [2.45, 2.75) is 240 Å². The Bertz CT molecular complexity index is 1040. The first-order chi connectivity index (χ1) is 27.2. The Kier molecular flexibility index (Phi) is 32.9. The molecule has 0 spiro atoms. The van der Waals surface area contributed by atoms with E-state index in [1.54, 1.807) is 12.1 Å². The van der Waals surface area contributed by atoms with Crippen LogP contribution in [0.2, 0.25) is 0 Å². The molecule has 1 aromatic carbocycles. The Hall–Kier alpha value is -2.44. The minimum atomic E-state index is -0.625. The Morgan fingerprint density at radius 1 is 0.464 bits per heavy atom. The average molecular weight is 788 g/mol. The molecule has 0 aliphatic heterocycles. The van der Waals surface area contributed by atoms with E-state index in [1.807, 2.05) is 20.8 Å². The van der Waals surface area contributed by atoms with Crippen LogP contribution in [0.1, 0.15) is 245 Å². The number of hydrogen-bond donors (Lipinski definition) is 1. The van der Waals surface area contributed by atoms with Gasteiger partial charge >= 0.3 is 5.97 Å². The van der Waals surface area contributed by atoms with E-state index in [4.69, 9.17) is 18.9 Å². The number of unbranched alkanes of at least 4 members (excludes halogenated alkanes) is 27. The largest absolute Gasteiger partial charge is 0.490 e. The van der Waals surface area contributed by atoms with Gasteiger partial charge in [-0.15, -0.1) is 0 Å². The van der Waals surface area contributed by atoms with Gasteiger partial charge in [0.25, 0.3) is 5.91 Å². The SMILES string of the molecule is CCCCCCCCCCCCOc1cc(C(=O)NCC(=O)OC(C)(C)C)cc(OCCCCCCCCCCCC)c1OCCCCCCCCCCCC. The summed E-state index contributed by atoms with van der Waals surface area (Å²) in [6.07, 6.45) is 37.7. The second-order valence-corrected chi connectivity index (χ2v) is 17.2. The molecule has 326 valence electrons. The fraction of sp³-hybridized carbons (Fsp3) is 0.837. The van der Waals surface area contributed by atoms with Crippen LogP contribution in [0.3, 0.4) is 0 Å². The van der Waals surface area contributed by atoms with Crippen LogP contribution >= 0.6 is 0 Å². The van der Waals surface area contributed by atoms with E-state index in [-0.39, 0.29) is 12.5 Å². The summed E-state index contributed by atoms with van der Waals surface area (Å²) in [6.45, 7) is 13.7. The number of amides is 1. The van der Waals surface area contributed by atoms with E-state index in [0.717, 1.165) is 38.5 Å². The molecule has 7 heteroatoms. The number of benzene rings is 1. The second-order valence-electron chi connectivity index (χ2n) is 17.2. The molecule has 0 radical (unpaired) electrons. The summed E-state index contributed by atoms with van der Waals surface area (Å²) in [4.78, 5) is 25.9. The van der Waals surface area contributed by atoms with Gasteiger partial charge in [-0.05, 0) is 52.2 Å². The summed E-state index contributed by atoms with van der Waals surface area (Å²) in [6, 6.07) is 3.50. The number of carbonyl (C=O) groups excluding carboxylic acids is 2. The van der Waals surface area contributed by atoms with Gasteiger partial charge in [0.05, 0.1) is 19.8 Å². The molecule has 0 unspecified atom stereocenters. The van der Waals surface area contributed by atoms with Crippen LogP contribution < -0.4 is 19.5 Å². The van der Waals surface area contributed by atoms with E-state index >= 15 is 0 Å². The van der Waals surface area contributed by atoms with Gasteiger partial charge in [-0.2, -0.15) is 0 Å². The van der Waals surface area contributed by atoms with Crippen LogP contribution in [0.25, 0.3) is 0 Å². The van der Waals surface area contributed by atoms with Crippen molar-refractivity contribution in [3.63, 3.8) is 0 Å². The van der Waals surface area contributed by atoms with Crippen molar-refractivity contribution in [2.75, 3.05) is 26.4 Å². The summed E-state index contributed by atoms with van der Waals surface area (Å²) in [5.41, 5.74) is -0.239. The van der Waals surface area contributed by atoms with Gasteiger partial charge < -0.3 is 24.3 Å². The highest BCUT2D eigenvalue weighted by Gasteiger charge is 2.21.